The van der Waals surface area contributed by atoms with Crippen molar-refractivity contribution in [2.24, 2.45) is 0 Å². The van der Waals surface area contributed by atoms with Gasteiger partial charge in [-0.15, -0.1) is 6.42 Å². The molecule has 174 valence electrons. The van der Waals surface area contributed by atoms with Gasteiger partial charge < -0.3 is 44.2 Å². The lowest BCUT2D eigenvalue weighted by Gasteiger charge is -2.35. The molecule has 0 aromatic rings. The summed E-state index contributed by atoms with van der Waals surface area (Å²) in [5.41, 5.74) is -2.88. The van der Waals surface area contributed by atoms with Crippen molar-refractivity contribution in [2.75, 3.05) is 6.61 Å². The van der Waals surface area contributed by atoms with Gasteiger partial charge in [-0.2, -0.15) is 4.31 Å². The molecule has 0 saturated carbocycles. The van der Waals surface area contributed by atoms with Crippen molar-refractivity contribution in [3.05, 3.63) is 24.7 Å². The predicted octanol–water partition coefficient (Wildman–Crippen LogP) is -0.710. The maximum absolute atomic E-state index is 15.3. The third kappa shape index (κ3) is 6.50. The highest BCUT2D eigenvalue weighted by Gasteiger charge is 2.59. The molecule has 0 spiro atoms. The third-order valence-electron chi connectivity index (χ3n) is 3.70. The van der Waals surface area contributed by atoms with E-state index in [0.717, 1.165) is 17.2 Å². The first-order valence-corrected chi connectivity index (χ1v) is 13.4. The van der Waals surface area contributed by atoms with Crippen molar-refractivity contribution < 1.29 is 60.9 Å². The summed E-state index contributed by atoms with van der Waals surface area (Å²) in [7, 11) is -11.1. The number of nitrogens with zero attached hydrogens (tertiary/aromatic N) is 1. The monoisotopic (exact) mass is 524 g/mol. The molecule has 6 N–H and O–H groups in total. The molecule has 0 radical (unpaired) electrons. The number of hydrogen-bond acceptors (Lipinski definition) is 10. The molecule has 2 rings (SSSR count). The molecule has 14 nitrogen and oxygen atoms in total. The normalized spacial score (nSPS) is 32.8. The lowest BCUT2D eigenvalue weighted by molar-refractivity contribution is -0.118. The number of carbonyl (C=O) groups excluding carboxylic acids is 1. The summed E-state index contributed by atoms with van der Waals surface area (Å²) < 4.78 is 55.0. The minimum Gasteiger partial charge on any atom is -0.386 e. The number of amides is 1. The minimum atomic E-state index is -5.56. The number of terminal acetylenes is 1. The number of phosphoric acid groups is 2. The number of rotatable bonds is 8. The summed E-state index contributed by atoms with van der Waals surface area (Å²) >= 11 is 4.43. The molecule has 0 aromatic heterocycles. The molecule has 2 heterocycles. The van der Waals surface area contributed by atoms with Gasteiger partial charge in [0.05, 0.1) is 6.61 Å². The molecule has 2 unspecified atom stereocenters. The van der Waals surface area contributed by atoms with Gasteiger partial charge in [0.25, 0.3) is 5.91 Å². The first-order valence-electron chi connectivity index (χ1n) is 7.75. The van der Waals surface area contributed by atoms with Crippen LogP contribution in [0.1, 0.15) is 0 Å². The Bertz CT molecular complexity index is 980. The standard InChI is InChI=1S/C12H16FN2O12P3S/c1-3-12(13)10(17)8(25-11(12)15-5-4-9(16)14-7(15)2)6-24-30(23,31)27-29(21,22)26-28(18,19)20/h1,4-5,8,10-11,17H,2,6H2,(H,14,16)(H,21,22)(H,23,31)(H2,18,19,20)/t8-,10-,11-,12-,30?/m1/s1. The van der Waals surface area contributed by atoms with E-state index in [4.69, 9.17) is 25.5 Å². The molecule has 19 heteroatoms. The van der Waals surface area contributed by atoms with Crippen LogP contribution in [0.15, 0.2) is 24.7 Å². The van der Waals surface area contributed by atoms with E-state index in [2.05, 4.69) is 32.3 Å². The van der Waals surface area contributed by atoms with Gasteiger partial charge in [0.15, 0.2) is 6.23 Å². The zero-order chi connectivity index (χ0) is 23.8. The Morgan fingerprint density at radius 1 is 1.39 bits per heavy atom. The second-order valence-electron chi connectivity index (χ2n) is 5.93. The van der Waals surface area contributed by atoms with Crippen LogP contribution in [0, 0.1) is 12.3 Å². The Kier molecular flexibility index (Phi) is 7.69. The number of carbonyl (C=O) groups is 1. The largest absolute Gasteiger partial charge is 0.488 e. The molecule has 1 saturated heterocycles. The van der Waals surface area contributed by atoms with Crippen LogP contribution in [0.25, 0.3) is 0 Å². The van der Waals surface area contributed by atoms with Crippen LogP contribution in [0.2, 0.25) is 0 Å². The molecule has 0 aliphatic carbocycles. The molecule has 1 fully saturated rings. The van der Waals surface area contributed by atoms with Crippen molar-refractivity contribution in [1.29, 1.82) is 0 Å². The van der Waals surface area contributed by atoms with Crippen LogP contribution in [0.3, 0.4) is 0 Å². The van der Waals surface area contributed by atoms with Gasteiger partial charge in [-0.25, -0.2) is 17.8 Å². The first kappa shape index (κ1) is 26.2. The van der Waals surface area contributed by atoms with Crippen molar-refractivity contribution in [3.63, 3.8) is 0 Å². The summed E-state index contributed by atoms with van der Waals surface area (Å²) in [5.74, 6) is 1.04. The van der Waals surface area contributed by atoms with Crippen LogP contribution < -0.4 is 5.32 Å². The van der Waals surface area contributed by atoms with Crippen LogP contribution >= 0.6 is 22.4 Å². The summed E-state index contributed by atoms with van der Waals surface area (Å²) in [4.78, 5) is 48.4. The van der Waals surface area contributed by atoms with E-state index in [-0.39, 0.29) is 5.82 Å². The summed E-state index contributed by atoms with van der Waals surface area (Å²) in [5, 5.41) is 12.5. The van der Waals surface area contributed by atoms with Crippen molar-refractivity contribution in [1.82, 2.24) is 10.2 Å². The fourth-order valence-electron chi connectivity index (χ4n) is 2.49. The van der Waals surface area contributed by atoms with Gasteiger partial charge in [-0.1, -0.05) is 12.5 Å². The summed E-state index contributed by atoms with van der Waals surface area (Å²) in [6.07, 6.45) is 1.87. The Morgan fingerprint density at radius 2 is 2.00 bits per heavy atom. The number of ether oxygens (including phenoxy) is 1. The molecule has 2 aliphatic heterocycles. The number of hydrogen-bond donors (Lipinski definition) is 6. The summed E-state index contributed by atoms with van der Waals surface area (Å²) in [6.45, 7) is -2.15. The van der Waals surface area contributed by atoms with E-state index in [0.29, 0.717) is 0 Å². The highest BCUT2D eigenvalue weighted by atomic mass is 32.5. The average Bonchev–Trinajstić information content (AvgIpc) is 2.82. The zero-order valence-electron chi connectivity index (χ0n) is 15.0. The number of aliphatic hydroxyl groups is 1. The Morgan fingerprint density at radius 3 is 2.52 bits per heavy atom. The van der Waals surface area contributed by atoms with Gasteiger partial charge in [0.2, 0.25) is 5.67 Å². The van der Waals surface area contributed by atoms with Crippen LogP contribution in [0.4, 0.5) is 4.39 Å². The Balaban J connectivity index is 2.13. The van der Waals surface area contributed by atoms with Gasteiger partial charge >= 0.3 is 22.4 Å². The lowest BCUT2D eigenvalue weighted by Crippen LogP contribution is -2.52. The average molecular weight is 524 g/mol. The van der Waals surface area contributed by atoms with E-state index in [1.165, 1.54) is 0 Å². The van der Waals surface area contributed by atoms with Crippen LogP contribution in [0.5, 0.6) is 0 Å². The van der Waals surface area contributed by atoms with Crippen LogP contribution in [-0.2, 0) is 43.6 Å². The molecular formula is C12H16FN2O12P3S. The Labute approximate surface area is 179 Å². The SMILES string of the molecule is C#C[C@@]1(F)[C@H](O)[C@@H](COP(O)(=S)OP(=O)(O)OP(=O)(O)O)O[C@H]1N1C=CC(=O)NC1=C. The van der Waals surface area contributed by atoms with E-state index in [1.807, 2.05) is 0 Å². The molecule has 1 amide bonds. The van der Waals surface area contributed by atoms with Gasteiger partial charge in [0.1, 0.15) is 18.0 Å². The van der Waals surface area contributed by atoms with E-state index in [9.17, 15) is 28.8 Å². The molecule has 0 aromatic carbocycles. The van der Waals surface area contributed by atoms with Crippen LogP contribution in [-0.4, -0.2) is 66.2 Å². The number of aliphatic hydroxyl groups excluding tert-OH is 1. The van der Waals surface area contributed by atoms with Gasteiger partial charge in [-0.3, -0.25) is 4.79 Å². The van der Waals surface area contributed by atoms with Crippen molar-refractivity contribution in [3.8, 4) is 12.3 Å². The lowest BCUT2D eigenvalue weighted by atomic mass is 9.96. The molecule has 2 aliphatic rings. The highest BCUT2D eigenvalue weighted by Crippen LogP contribution is 2.66. The topological polar surface area (TPSA) is 205 Å². The zero-order valence-corrected chi connectivity index (χ0v) is 18.5. The molecule has 0 bridgehead atoms. The predicted molar refractivity (Wildman–Crippen MR) is 102 cm³/mol. The fourth-order valence-corrected chi connectivity index (χ4v) is 6.46. The second kappa shape index (κ2) is 9.09. The van der Waals surface area contributed by atoms with Gasteiger partial charge in [0, 0.05) is 12.3 Å². The number of alkyl halides is 1. The fraction of sp³-hybridized carbons (Fsp3) is 0.417. The number of halogens is 1. The minimum absolute atomic E-state index is 0.130. The third-order valence-corrected chi connectivity index (χ3v) is 8.42. The van der Waals surface area contributed by atoms with Crippen molar-refractivity contribution in [2.45, 2.75) is 24.1 Å². The smallest absolute Gasteiger partial charge is 0.386 e. The summed E-state index contributed by atoms with van der Waals surface area (Å²) in [6, 6.07) is 0. The highest BCUT2D eigenvalue weighted by molar-refractivity contribution is 8.08. The number of nitrogens with one attached hydrogen (secondary N) is 1. The molecule has 6 atom stereocenters. The van der Waals surface area contributed by atoms with E-state index < -0.39 is 59.0 Å². The molecule has 31 heavy (non-hydrogen) atoms. The quantitative estimate of drug-likeness (QED) is 0.172. The first-order chi connectivity index (χ1) is 14.0. The maximum atomic E-state index is 15.3. The maximum Gasteiger partial charge on any atom is 0.488 e. The van der Waals surface area contributed by atoms with E-state index >= 15 is 4.39 Å². The van der Waals surface area contributed by atoms with Crippen molar-refractivity contribution >= 4 is 40.1 Å². The van der Waals surface area contributed by atoms with Gasteiger partial charge in [-0.05, 0) is 11.8 Å². The second-order valence-corrected chi connectivity index (χ2v) is 11.7. The van der Waals surface area contributed by atoms with E-state index in [1.54, 1.807) is 5.92 Å². The molecular weight excluding hydrogens is 508 g/mol. The Hall–Kier alpha value is -1.01.